The molecule has 3 N–H and O–H groups in total. The molecule has 0 aliphatic carbocycles. The topological polar surface area (TPSA) is 80.4 Å². The number of carbonyl (C=O) groups is 2. The Hall–Kier alpha value is -1.20. The number of carboxylic acid groups (broad SMARTS) is 1. The molecule has 0 heterocycles. The van der Waals surface area contributed by atoms with E-state index in [9.17, 15) is 9.59 Å². The Bertz CT molecular complexity index is 418. The van der Waals surface area contributed by atoms with Crippen molar-refractivity contribution in [2.45, 2.75) is 19.4 Å². The molecule has 0 atom stereocenters. The van der Waals surface area contributed by atoms with Crippen molar-refractivity contribution in [3.05, 3.63) is 33.8 Å². The predicted molar refractivity (Wildman–Crippen MR) is 63.2 cm³/mol. The minimum atomic E-state index is -0.972. The highest BCUT2D eigenvalue weighted by Gasteiger charge is 2.12. The summed E-state index contributed by atoms with van der Waals surface area (Å²) in [4.78, 5) is 22.1. The molecular formula is C11H12BrNO3. The van der Waals surface area contributed by atoms with Gasteiger partial charge in [0.15, 0.2) is 5.78 Å². The monoisotopic (exact) mass is 285 g/mol. The summed E-state index contributed by atoms with van der Waals surface area (Å²) in [5, 5.41) is 8.50. The summed E-state index contributed by atoms with van der Waals surface area (Å²) in [6.45, 7) is 0.258. The second kappa shape index (κ2) is 5.77. The van der Waals surface area contributed by atoms with Crippen LogP contribution >= 0.6 is 15.9 Å². The van der Waals surface area contributed by atoms with Crippen LogP contribution in [0, 0.1) is 0 Å². The zero-order valence-corrected chi connectivity index (χ0v) is 10.2. The highest BCUT2D eigenvalue weighted by Crippen LogP contribution is 2.18. The van der Waals surface area contributed by atoms with Gasteiger partial charge >= 0.3 is 5.97 Å². The first kappa shape index (κ1) is 12.9. The summed E-state index contributed by atoms with van der Waals surface area (Å²) in [7, 11) is 0. The van der Waals surface area contributed by atoms with Crippen LogP contribution in [-0.4, -0.2) is 16.9 Å². The fraction of sp³-hybridized carbons (Fsp3) is 0.273. The van der Waals surface area contributed by atoms with Crippen molar-refractivity contribution in [2.75, 3.05) is 0 Å². The summed E-state index contributed by atoms with van der Waals surface area (Å²) in [6, 6.07) is 5.18. The number of carbonyl (C=O) groups excluding carboxylic acids is 1. The Balaban J connectivity index is 2.86. The van der Waals surface area contributed by atoms with Gasteiger partial charge in [0.05, 0.1) is 6.42 Å². The molecule has 1 rings (SSSR count). The van der Waals surface area contributed by atoms with Crippen molar-refractivity contribution in [1.82, 2.24) is 0 Å². The van der Waals surface area contributed by atoms with Gasteiger partial charge in [-0.05, 0) is 23.8 Å². The number of nitrogens with two attached hydrogens (primary N) is 1. The molecule has 4 nitrogen and oxygen atoms in total. The molecule has 0 unspecified atom stereocenters. The molecule has 1 aromatic rings. The van der Waals surface area contributed by atoms with Crippen LogP contribution in [0.5, 0.6) is 0 Å². The molecule has 0 bridgehead atoms. The molecule has 86 valence electrons. The number of Topliss-reactive ketones (excluding diaryl/α,β-unsaturated/α-hetero) is 1. The lowest BCUT2D eigenvalue weighted by molar-refractivity contribution is -0.136. The first-order chi connectivity index (χ1) is 7.54. The number of rotatable bonds is 5. The van der Waals surface area contributed by atoms with Crippen molar-refractivity contribution in [2.24, 2.45) is 5.73 Å². The zero-order chi connectivity index (χ0) is 12.1. The van der Waals surface area contributed by atoms with Gasteiger partial charge in [0, 0.05) is 23.0 Å². The lowest BCUT2D eigenvalue weighted by Crippen LogP contribution is -2.09. The van der Waals surface area contributed by atoms with Crippen molar-refractivity contribution in [3.63, 3.8) is 0 Å². The van der Waals surface area contributed by atoms with Crippen molar-refractivity contribution in [3.8, 4) is 0 Å². The number of carboxylic acids is 1. The van der Waals surface area contributed by atoms with E-state index in [0.717, 1.165) is 10.0 Å². The van der Waals surface area contributed by atoms with Gasteiger partial charge < -0.3 is 10.8 Å². The van der Waals surface area contributed by atoms with Gasteiger partial charge in [-0.15, -0.1) is 0 Å². The molecular weight excluding hydrogens is 274 g/mol. The molecule has 0 amide bonds. The zero-order valence-electron chi connectivity index (χ0n) is 8.57. The molecule has 0 aliphatic rings. The van der Waals surface area contributed by atoms with E-state index in [0.29, 0.717) is 5.56 Å². The number of hydrogen-bond acceptors (Lipinski definition) is 3. The molecule has 0 radical (unpaired) electrons. The maximum Gasteiger partial charge on any atom is 0.303 e. The predicted octanol–water partition coefficient (Wildman–Crippen LogP) is 1.96. The Morgan fingerprint density at radius 2 is 2.00 bits per heavy atom. The van der Waals surface area contributed by atoms with E-state index in [1.165, 1.54) is 0 Å². The van der Waals surface area contributed by atoms with Crippen LogP contribution in [0.3, 0.4) is 0 Å². The highest BCUT2D eigenvalue weighted by molar-refractivity contribution is 9.10. The largest absolute Gasteiger partial charge is 0.481 e. The molecule has 0 aromatic heterocycles. The third-order valence-electron chi connectivity index (χ3n) is 2.15. The van der Waals surface area contributed by atoms with Crippen LogP contribution in [0.25, 0.3) is 0 Å². The Kier molecular flexibility index (Phi) is 4.64. The van der Waals surface area contributed by atoms with Gasteiger partial charge in [0.2, 0.25) is 0 Å². The summed E-state index contributed by atoms with van der Waals surface area (Å²) in [6.07, 6.45) is -0.150. The number of hydrogen-bond donors (Lipinski definition) is 2. The van der Waals surface area contributed by atoms with Gasteiger partial charge in [0.1, 0.15) is 0 Å². The number of benzene rings is 1. The van der Waals surface area contributed by atoms with Gasteiger partial charge in [-0.1, -0.05) is 15.9 Å². The molecule has 0 fully saturated rings. The SMILES string of the molecule is NCc1cc(Br)ccc1C(=O)CCC(=O)O. The molecule has 0 saturated carbocycles. The minimum absolute atomic E-state index is 0.00393. The summed E-state index contributed by atoms with van der Waals surface area (Å²) in [5.74, 6) is -1.16. The Labute approximate surface area is 102 Å². The smallest absolute Gasteiger partial charge is 0.303 e. The van der Waals surface area contributed by atoms with Crippen LogP contribution in [0.15, 0.2) is 22.7 Å². The van der Waals surface area contributed by atoms with Crippen LogP contribution < -0.4 is 5.73 Å². The second-order valence-corrected chi connectivity index (χ2v) is 4.24. The number of halogens is 1. The fourth-order valence-electron chi connectivity index (χ4n) is 1.36. The quantitative estimate of drug-likeness (QED) is 0.811. The molecule has 0 saturated heterocycles. The van der Waals surface area contributed by atoms with Gasteiger partial charge in [-0.25, -0.2) is 0 Å². The molecule has 1 aromatic carbocycles. The van der Waals surface area contributed by atoms with Crippen LogP contribution in [-0.2, 0) is 11.3 Å². The first-order valence-electron chi connectivity index (χ1n) is 4.78. The van der Waals surface area contributed by atoms with Gasteiger partial charge in [-0.3, -0.25) is 9.59 Å². The maximum atomic E-state index is 11.7. The normalized spacial score (nSPS) is 10.1. The maximum absolute atomic E-state index is 11.7. The van der Waals surface area contributed by atoms with E-state index in [4.69, 9.17) is 10.8 Å². The lowest BCUT2D eigenvalue weighted by Gasteiger charge is -2.06. The van der Waals surface area contributed by atoms with E-state index in [-0.39, 0.29) is 25.2 Å². The van der Waals surface area contributed by atoms with E-state index >= 15 is 0 Å². The van der Waals surface area contributed by atoms with Gasteiger partial charge in [0.25, 0.3) is 0 Å². The van der Waals surface area contributed by atoms with E-state index < -0.39 is 5.97 Å². The minimum Gasteiger partial charge on any atom is -0.481 e. The van der Waals surface area contributed by atoms with Crippen molar-refractivity contribution in [1.29, 1.82) is 0 Å². The molecule has 0 spiro atoms. The number of ketones is 1. The Morgan fingerprint density at radius 1 is 1.31 bits per heavy atom. The Morgan fingerprint density at radius 3 is 2.56 bits per heavy atom. The van der Waals surface area contributed by atoms with Crippen molar-refractivity contribution < 1.29 is 14.7 Å². The standard InChI is InChI=1S/C11H12BrNO3/c12-8-1-2-9(7(5-8)6-13)10(14)3-4-11(15)16/h1-2,5H,3-4,6,13H2,(H,15,16). The van der Waals surface area contributed by atoms with E-state index in [1.807, 2.05) is 0 Å². The summed E-state index contributed by atoms with van der Waals surface area (Å²) in [5.41, 5.74) is 6.76. The molecule has 5 heteroatoms. The highest BCUT2D eigenvalue weighted by atomic mass is 79.9. The average Bonchev–Trinajstić information content (AvgIpc) is 2.25. The van der Waals surface area contributed by atoms with E-state index in [2.05, 4.69) is 15.9 Å². The summed E-state index contributed by atoms with van der Waals surface area (Å²) < 4.78 is 0.850. The van der Waals surface area contributed by atoms with Crippen LogP contribution in [0.4, 0.5) is 0 Å². The number of aliphatic carboxylic acids is 1. The third kappa shape index (κ3) is 3.43. The fourth-order valence-corrected chi connectivity index (χ4v) is 1.77. The van der Waals surface area contributed by atoms with E-state index in [1.54, 1.807) is 18.2 Å². The van der Waals surface area contributed by atoms with Crippen molar-refractivity contribution >= 4 is 27.7 Å². The van der Waals surface area contributed by atoms with Crippen LogP contribution in [0.2, 0.25) is 0 Å². The molecule has 0 aliphatic heterocycles. The molecule has 16 heavy (non-hydrogen) atoms. The second-order valence-electron chi connectivity index (χ2n) is 3.32. The third-order valence-corrected chi connectivity index (χ3v) is 2.65. The lowest BCUT2D eigenvalue weighted by atomic mass is 10.0. The van der Waals surface area contributed by atoms with Gasteiger partial charge in [-0.2, -0.15) is 0 Å². The summed E-state index contributed by atoms with van der Waals surface area (Å²) >= 11 is 3.29. The average molecular weight is 286 g/mol. The van der Waals surface area contributed by atoms with Crippen LogP contribution in [0.1, 0.15) is 28.8 Å². The first-order valence-corrected chi connectivity index (χ1v) is 5.57.